The first-order valence-electron chi connectivity index (χ1n) is 10.4. The molecule has 144 valence electrons. The third-order valence-corrected chi connectivity index (χ3v) is 8.59. The van der Waals surface area contributed by atoms with Crippen LogP contribution in [0.5, 0.6) is 11.5 Å². The molecule has 5 heteroatoms. The SMILES string of the molecule is CC1C[C@@]2(O)[C@@H]3Cc4ccc(O)c5c4[C@@]2(CC[N@+]3(C)CC2CC2)[C@@H](O5)C1=O. The van der Waals surface area contributed by atoms with Crippen molar-refractivity contribution in [3.05, 3.63) is 23.3 Å². The van der Waals surface area contributed by atoms with Gasteiger partial charge in [0, 0.05) is 30.2 Å². The molecule has 5 aliphatic rings. The van der Waals surface area contributed by atoms with Crippen molar-refractivity contribution in [2.24, 2.45) is 11.8 Å². The second kappa shape index (κ2) is 4.69. The number of phenolic OH excluding ortho intramolecular Hbond substituents is 1. The number of likely N-dealkylation sites (tertiary alicyclic amines) is 1. The number of carbonyl (C=O) groups excluding carboxylic acids is 1. The molecule has 27 heavy (non-hydrogen) atoms. The van der Waals surface area contributed by atoms with Crippen LogP contribution in [-0.2, 0) is 16.6 Å². The number of nitrogens with zero attached hydrogens (tertiary/aromatic N) is 1. The van der Waals surface area contributed by atoms with Crippen LogP contribution in [0.15, 0.2) is 12.1 Å². The lowest BCUT2D eigenvalue weighted by Gasteiger charge is -2.65. The molecule has 6 atom stereocenters. The van der Waals surface area contributed by atoms with E-state index < -0.39 is 17.1 Å². The fraction of sp³-hybridized carbons (Fsp3) is 0.682. The standard InChI is InChI=1S/C22H27NO4/c1-12-10-22(26)16-9-14-5-6-15(24)19-17(14)21(22,20(27-19)18(12)25)7-8-23(16,2)11-13-3-4-13/h5-6,12-13,16,20,26H,3-4,7-11H2,1-2H3/p+1/t12?,16-,20-,21-,22+,23+/m0/s1. The van der Waals surface area contributed by atoms with Crippen LogP contribution in [0.3, 0.4) is 0 Å². The molecular weight excluding hydrogens is 342 g/mol. The van der Waals surface area contributed by atoms with Crippen LogP contribution in [-0.4, -0.2) is 58.4 Å². The number of aliphatic hydroxyl groups is 1. The molecule has 2 N–H and O–H groups in total. The van der Waals surface area contributed by atoms with Crippen molar-refractivity contribution < 1.29 is 24.2 Å². The molecular formula is C22H28NO4+. The fourth-order valence-corrected chi connectivity index (χ4v) is 7.21. The minimum absolute atomic E-state index is 0.0801. The number of quaternary nitrogens is 1. The normalized spacial score (nSPS) is 46.8. The summed E-state index contributed by atoms with van der Waals surface area (Å²) >= 11 is 0. The van der Waals surface area contributed by atoms with Gasteiger partial charge in [-0.2, -0.15) is 0 Å². The third-order valence-electron chi connectivity index (χ3n) is 8.59. The van der Waals surface area contributed by atoms with E-state index in [4.69, 9.17) is 4.74 Å². The maximum absolute atomic E-state index is 13.1. The van der Waals surface area contributed by atoms with Gasteiger partial charge in [0.25, 0.3) is 0 Å². The summed E-state index contributed by atoms with van der Waals surface area (Å²) in [6.45, 7) is 4.01. The second-order valence-corrected chi connectivity index (χ2v) is 10.1. The third kappa shape index (κ3) is 1.72. The van der Waals surface area contributed by atoms with Crippen molar-refractivity contribution in [3.8, 4) is 11.5 Å². The van der Waals surface area contributed by atoms with Crippen LogP contribution >= 0.6 is 0 Å². The Morgan fingerprint density at radius 3 is 2.85 bits per heavy atom. The molecule has 0 amide bonds. The summed E-state index contributed by atoms with van der Waals surface area (Å²) in [5.41, 5.74) is 0.440. The summed E-state index contributed by atoms with van der Waals surface area (Å²) in [6, 6.07) is 3.77. The van der Waals surface area contributed by atoms with Gasteiger partial charge in [-0.15, -0.1) is 0 Å². The van der Waals surface area contributed by atoms with Gasteiger partial charge in [-0.25, -0.2) is 0 Å². The van der Waals surface area contributed by atoms with Gasteiger partial charge in [0.15, 0.2) is 23.4 Å². The number of phenols is 1. The van der Waals surface area contributed by atoms with E-state index in [1.165, 1.54) is 12.8 Å². The summed E-state index contributed by atoms with van der Waals surface area (Å²) < 4.78 is 7.05. The Bertz CT molecular complexity index is 879. The Labute approximate surface area is 159 Å². The zero-order chi connectivity index (χ0) is 18.8. The lowest BCUT2D eigenvalue weighted by atomic mass is 9.47. The minimum atomic E-state index is -0.959. The van der Waals surface area contributed by atoms with Gasteiger partial charge in [-0.3, -0.25) is 4.79 Å². The predicted octanol–water partition coefficient (Wildman–Crippen LogP) is 1.92. The number of aromatic hydroxyl groups is 1. The quantitative estimate of drug-likeness (QED) is 0.781. The number of hydrogen-bond acceptors (Lipinski definition) is 4. The van der Waals surface area contributed by atoms with Gasteiger partial charge >= 0.3 is 0 Å². The van der Waals surface area contributed by atoms with Crippen molar-refractivity contribution >= 4 is 5.78 Å². The largest absolute Gasteiger partial charge is 0.504 e. The van der Waals surface area contributed by atoms with Gasteiger partial charge in [-0.1, -0.05) is 13.0 Å². The highest BCUT2D eigenvalue weighted by Crippen LogP contribution is 2.66. The molecule has 3 aliphatic carbocycles. The molecule has 1 saturated heterocycles. The van der Waals surface area contributed by atoms with Crippen LogP contribution < -0.4 is 4.74 Å². The monoisotopic (exact) mass is 370 g/mol. The molecule has 6 rings (SSSR count). The first-order valence-corrected chi connectivity index (χ1v) is 10.4. The molecule has 3 fully saturated rings. The van der Waals surface area contributed by atoms with E-state index in [-0.39, 0.29) is 23.5 Å². The topological polar surface area (TPSA) is 66.8 Å². The van der Waals surface area contributed by atoms with Gasteiger partial charge in [-0.05, 0) is 30.9 Å². The molecule has 1 aromatic rings. The molecule has 1 aromatic carbocycles. The fourth-order valence-electron chi connectivity index (χ4n) is 7.21. The number of ketones is 1. The first kappa shape index (κ1) is 16.4. The van der Waals surface area contributed by atoms with Gasteiger partial charge in [0.2, 0.25) is 0 Å². The molecule has 0 radical (unpaired) electrons. The number of carbonyl (C=O) groups is 1. The Hall–Kier alpha value is -1.59. The van der Waals surface area contributed by atoms with E-state index in [1.54, 1.807) is 6.07 Å². The van der Waals surface area contributed by atoms with E-state index in [0.29, 0.717) is 12.2 Å². The number of benzene rings is 1. The van der Waals surface area contributed by atoms with Crippen molar-refractivity contribution in [2.75, 3.05) is 20.1 Å². The van der Waals surface area contributed by atoms with E-state index in [9.17, 15) is 15.0 Å². The number of piperidine rings is 1. The number of Topliss-reactive ketones (excluding diaryl/α,β-unsaturated/α-hetero) is 1. The molecule has 1 unspecified atom stereocenters. The van der Waals surface area contributed by atoms with E-state index in [0.717, 1.165) is 47.5 Å². The summed E-state index contributed by atoms with van der Waals surface area (Å²) in [5.74, 6) is 1.19. The number of hydrogen-bond donors (Lipinski definition) is 2. The summed E-state index contributed by atoms with van der Waals surface area (Å²) in [5, 5.41) is 22.8. The van der Waals surface area contributed by atoms with Crippen molar-refractivity contribution in [2.45, 2.75) is 62.2 Å². The molecule has 2 aliphatic heterocycles. The van der Waals surface area contributed by atoms with Crippen LogP contribution in [0.2, 0.25) is 0 Å². The molecule has 2 saturated carbocycles. The zero-order valence-electron chi connectivity index (χ0n) is 16.1. The van der Waals surface area contributed by atoms with Crippen molar-refractivity contribution in [1.29, 1.82) is 0 Å². The van der Waals surface area contributed by atoms with Crippen molar-refractivity contribution in [1.82, 2.24) is 0 Å². The lowest BCUT2D eigenvalue weighted by molar-refractivity contribution is -0.950. The molecule has 1 spiro atoms. The number of rotatable bonds is 2. The number of ether oxygens (including phenoxy) is 1. The molecule has 0 aromatic heterocycles. The second-order valence-electron chi connectivity index (χ2n) is 10.1. The Morgan fingerprint density at radius 1 is 1.33 bits per heavy atom. The van der Waals surface area contributed by atoms with Crippen molar-refractivity contribution in [3.63, 3.8) is 0 Å². The molecule has 2 heterocycles. The highest BCUT2D eigenvalue weighted by Gasteiger charge is 2.77. The maximum Gasteiger partial charge on any atom is 0.177 e. The first-order chi connectivity index (χ1) is 12.8. The van der Waals surface area contributed by atoms with E-state index >= 15 is 0 Å². The Kier molecular flexibility index (Phi) is 2.84. The van der Waals surface area contributed by atoms with Gasteiger partial charge in [0.1, 0.15) is 11.6 Å². The predicted molar refractivity (Wildman–Crippen MR) is 98.7 cm³/mol. The summed E-state index contributed by atoms with van der Waals surface area (Å²) in [4.78, 5) is 13.1. The number of likely N-dealkylation sites (N-methyl/N-ethyl adjacent to an activating group) is 1. The average molecular weight is 370 g/mol. The summed E-state index contributed by atoms with van der Waals surface area (Å²) in [6.07, 6.45) is 3.99. The maximum atomic E-state index is 13.1. The van der Waals surface area contributed by atoms with E-state index in [2.05, 4.69) is 7.05 Å². The van der Waals surface area contributed by atoms with Crippen LogP contribution in [0.1, 0.15) is 43.7 Å². The van der Waals surface area contributed by atoms with Gasteiger partial charge < -0.3 is 19.4 Å². The zero-order valence-corrected chi connectivity index (χ0v) is 16.1. The summed E-state index contributed by atoms with van der Waals surface area (Å²) in [7, 11) is 2.31. The van der Waals surface area contributed by atoms with Crippen LogP contribution in [0.4, 0.5) is 0 Å². The smallest absolute Gasteiger partial charge is 0.177 e. The average Bonchev–Trinajstić information content (AvgIpc) is 3.34. The molecule has 2 bridgehead atoms. The molecule has 5 nitrogen and oxygen atoms in total. The minimum Gasteiger partial charge on any atom is -0.504 e. The van der Waals surface area contributed by atoms with Crippen LogP contribution in [0.25, 0.3) is 0 Å². The van der Waals surface area contributed by atoms with Crippen LogP contribution in [0, 0.1) is 11.8 Å². The van der Waals surface area contributed by atoms with Gasteiger partial charge in [0.05, 0.1) is 25.6 Å². The van der Waals surface area contributed by atoms with E-state index in [1.807, 2.05) is 13.0 Å². The highest BCUT2D eigenvalue weighted by molar-refractivity contribution is 5.91. The Balaban J connectivity index is 1.61. The highest BCUT2D eigenvalue weighted by atomic mass is 16.5. The Morgan fingerprint density at radius 2 is 2.11 bits per heavy atom. The lowest BCUT2D eigenvalue weighted by Crippen LogP contribution is -2.81.